The van der Waals surface area contributed by atoms with Gasteiger partial charge in [0.15, 0.2) is 0 Å². The third kappa shape index (κ3) is 2.54. The monoisotopic (exact) mass is 246 g/mol. The van der Waals surface area contributed by atoms with Crippen molar-refractivity contribution in [2.45, 2.75) is 19.4 Å². The van der Waals surface area contributed by atoms with Gasteiger partial charge >= 0.3 is 5.97 Å². The zero-order valence-electron chi connectivity index (χ0n) is 10.7. The molecule has 0 aliphatic heterocycles. The molecule has 0 unspecified atom stereocenters. The fourth-order valence-corrected chi connectivity index (χ4v) is 2.07. The molecule has 0 saturated carbocycles. The molecule has 0 fully saturated rings. The highest BCUT2D eigenvalue weighted by atomic mass is 16.5. The highest BCUT2D eigenvalue weighted by molar-refractivity contribution is 5.84. The number of para-hydroxylation sites is 1. The van der Waals surface area contributed by atoms with Gasteiger partial charge in [-0.1, -0.05) is 18.2 Å². The minimum atomic E-state index is -0.302. The van der Waals surface area contributed by atoms with E-state index in [2.05, 4.69) is 16.4 Å². The average Bonchev–Trinajstić information content (AvgIpc) is 2.79. The first-order chi connectivity index (χ1) is 8.76. The molecule has 96 valence electrons. The molecule has 0 aliphatic carbocycles. The number of likely N-dealkylation sites (N-methyl/N-ethyl adjacent to an activating group) is 1. The predicted molar refractivity (Wildman–Crippen MR) is 71.5 cm³/mol. The van der Waals surface area contributed by atoms with Gasteiger partial charge in [0.2, 0.25) is 0 Å². The number of rotatable bonds is 5. The van der Waals surface area contributed by atoms with Crippen molar-refractivity contribution in [3.05, 3.63) is 36.0 Å². The average molecular weight is 246 g/mol. The van der Waals surface area contributed by atoms with Crippen LogP contribution in [0.15, 0.2) is 30.5 Å². The maximum atomic E-state index is 11.7. The third-order valence-corrected chi connectivity index (χ3v) is 3.02. The van der Waals surface area contributed by atoms with Crippen LogP contribution in [0.4, 0.5) is 0 Å². The fraction of sp³-hybridized carbons (Fsp3) is 0.357. The summed E-state index contributed by atoms with van der Waals surface area (Å²) < 4.78 is 5.04. The summed E-state index contributed by atoms with van der Waals surface area (Å²) in [6, 6.07) is 7.77. The number of nitrogens with one attached hydrogen (secondary N) is 2. The number of carbonyl (C=O) groups is 1. The van der Waals surface area contributed by atoms with Crippen LogP contribution in [0, 0.1) is 0 Å². The number of fused-ring (bicyclic) bond motifs is 1. The molecule has 1 aromatic carbocycles. The molecule has 0 aliphatic rings. The first kappa shape index (κ1) is 12.6. The Balaban J connectivity index is 2.19. The number of esters is 1. The second kappa shape index (κ2) is 5.69. The second-order valence-electron chi connectivity index (χ2n) is 4.16. The number of hydrogen-bond acceptors (Lipinski definition) is 3. The van der Waals surface area contributed by atoms with Crippen molar-refractivity contribution in [1.82, 2.24) is 10.3 Å². The second-order valence-corrected chi connectivity index (χ2v) is 4.16. The third-order valence-electron chi connectivity index (χ3n) is 3.02. The van der Waals surface area contributed by atoms with E-state index in [-0.39, 0.29) is 12.0 Å². The molecule has 2 aromatic rings. The van der Waals surface area contributed by atoms with E-state index in [1.165, 1.54) is 0 Å². The molecule has 0 bridgehead atoms. The van der Waals surface area contributed by atoms with Crippen molar-refractivity contribution >= 4 is 16.9 Å². The normalized spacial score (nSPS) is 12.6. The van der Waals surface area contributed by atoms with Crippen LogP contribution in [0.3, 0.4) is 0 Å². The Morgan fingerprint density at radius 1 is 1.44 bits per heavy atom. The summed E-state index contributed by atoms with van der Waals surface area (Å²) in [5, 5.41) is 4.16. The van der Waals surface area contributed by atoms with Crippen LogP contribution in [0.2, 0.25) is 0 Å². The predicted octanol–water partition coefficient (Wildman–Crippen LogP) is 1.86. The fourth-order valence-electron chi connectivity index (χ4n) is 2.07. The molecule has 0 spiro atoms. The van der Waals surface area contributed by atoms with Gasteiger partial charge in [-0.2, -0.15) is 0 Å². The summed E-state index contributed by atoms with van der Waals surface area (Å²) in [6.45, 7) is 2.22. The number of aromatic nitrogens is 1. The Labute approximate surface area is 106 Å². The number of benzene rings is 1. The van der Waals surface area contributed by atoms with E-state index >= 15 is 0 Å². The Bertz CT molecular complexity index is 533. The van der Waals surface area contributed by atoms with Crippen molar-refractivity contribution in [2.75, 3.05) is 13.7 Å². The highest BCUT2D eigenvalue weighted by Crippen LogP contribution is 2.19. The Hall–Kier alpha value is -1.81. The van der Waals surface area contributed by atoms with Crippen LogP contribution in [-0.4, -0.2) is 30.6 Å². The Kier molecular flexibility index (Phi) is 3.99. The highest BCUT2D eigenvalue weighted by Gasteiger charge is 2.19. The lowest BCUT2D eigenvalue weighted by molar-refractivity contribution is -0.145. The summed E-state index contributed by atoms with van der Waals surface area (Å²) >= 11 is 0. The number of carbonyl (C=O) groups excluding carboxylic acids is 1. The van der Waals surface area contributed by atoms with Crippen LogP contribution in [0.5, 0.6) is 0 Å². The molecular weight excluding hydrogens is 228 g/mol. The molecule has 1 heterocycles. The molecule has 1 atom stereocenters. The van der Waals surface area contributed by atoms with Gasteiger partial charge in [0.05, 0.1) is 6.61 Å². The van der Waals surface area contributed by atoms with E-state index in [4.69, 9.17) is 4.74 Å². The van der Waals surface area contributed by atoms with E-state index in [0.717, 1.165) is 16.5 Å². The van der Waals surface area contributed by atoms with E-state index in [1.54, 1.807) is 7.05 Å². The first-order valence-electron chi connectivity index (χ1n) is 6.15. The number of ether oxygens (including phenoxy) is 1. The van der Waals surface area contributed by atoms with Gasteiger partial charge in [-0.05, 0) is 25.6 Å². The summed E-state index contributed by atoms with van der Waals surface area (Å²) in [7, 11) is 1.77. The molecule has 0 radical (unpaired) electrons. The molecular formula is C14H18N2O2. The van der Waals surface area contributed by atoms with Gasteiger partial charge in [-0.25, -0.2) is 0 Å². The minimum absolute atomic E-state index is 0.203. The molecule has 4 nitrogen and oxygen atoms in total. The quantitative estimate of drug-likeness (QED) is 0.792. The zero-order valence-corrected chi connectivity index (χ0v) is 10.7. The maximum absolute atomic E-state index is 11.7. The summed E-state index contributed by atoms with van der Waals surface area (Å²) in [5.41, 5.74) is 2.21. The van der Waals surface area contributed by atoms with Crippen LogP contribution in [-0.2, 0) is 16.0 Å². The lowest BCUT2D eigenvalue weighted by Crippen LogP contribution is -2.37. The number of aromatic amines is 1. The van der Waals surface area contributed by atoms with Crippen molar-refractivity contribution < 1.29 is 9.53 Å². The standard InChI is InChI=1S/C14H18N2O2/c1-3-18-14(17)13(15-2)8-10-9-16-12-7-5-4-6-11(10)12/h4-7,9,13,15-16H,3,8H2,1-2H3/t13-/m0/s1. The molecule has 0 saturated heterocycles. The number of hydrogen-bond donors (Lipinski definition) is 2. The van der Waals surface area contributed by atoms with Crippen LogP contribution >= 0.6 is 0 Å². The van der Waals surface area contributed by atoms with E-state index in [0.29, 0.717) is 13.0 Å². The van der Waals surface area contributed by atoms with Crippen molar-refractivity contribution in [3.8, 4) is 0 Å². The topological polar surface area (TPSA) is 54.1 Å². The smallest absolute Gasteiger partial charge is 0.323 e. The van der Waals surface area contributed by atoms with Crippen LogP contribution < -0.4 is 5.32 Å². The lowest BCUT2D eigenvalue weighted by atomic mass is 10.1. The van der Waals surface area contributed by atoms with Crippen molar-refractivity contribution in [3.63, 3.8) is 0 Å². The number of H-pyrrole nitrogens is 1. The van der Waals surface area contributed by atoms with Gasteiger partial charge in [-0.15, -0.1) is 0 Å². The molecule has 0 amide bonds. The molecule has 18 heavy (non-hydrogen) atoms. The molecule has 2 N–H and O–H groups in total. The minimum Gasteiger partial charge on any atom is -0.465 e. The lowest BCUT2D eigenvalue weighted by Gasteiger charge is -2.14. The SMILES string of the molecule is CCOC(=O)[C@H](Cc1c[nH]c2ccccc12)NC. The van der Waals surface area contributed by atoms with Crippen molar-refractivity contribution in [2.24, 2.45) is 0 Å². The summed E-state index contributed by atoms with van der Waals surface area (Å²) in [6.07, 6.45) is 2.58. The van der Waals surface area contributed by atoms with Crippen LogP contribution in [0.1, 0.15) is 12.5 Å². The Morgan fingerprint density at radius 2 is 2.22 bits per heavy atom. The first-order valence-corrected chi connectivity index (χ1v) is 6.15. The largest absolute Gasteiger partial charge is 0.465 e. The molecule has 4 heteroatoms. The maximum Gasteiger partial charge on any atom is 0.323 e. The summed E-state index contributed by atoms with van der Waals surface area (Å²) in [5.74, 6) is -0.203. The van der Waals surface area contributed by atoms with Gasteiger partial charge in [-0.3, -0.25) is 4.79 Å². The van der Waals surface area contributed by atoms with Gasteiger partial charge in [0, 0.05) is 23.5 Å². The van der Waals surface area contributed by atoms with Crippen molar-refractivity contribution in [1.29, 1.82) is 0 Å². The zero-order chi connectivity index (χ0) is 13.0. The van der Waals surface area contributed by atoms with E-state index in [1.807, 2.05) is 31.3 Å². The summed E-state index contributed by atoms with van der Waals surface area (Å²) in [4.78, 5) is 15.0. The van der Waals surface area contributed by atoms with Gasteiger partial charge in [0.25, 0.3) is 0 Å². The van der Waals surface area contributed by atoms with Gasteiger partial charge in [0.1, 0.15) is 6.04 Å². The van der Waals surface area contributed by atoms with Gasteiger partial charge < -0.3 is 15.0 Å². The molecule has 1 aromatic heterocycles. The van der Waals surface area contributed by atoms with E-state index in [9.17, 15) is 4.79 Å². The molecule has 2 rings (SSSR count). The Morgan fingerprint density at radius 3 is 2.94 bits per heavy atom. The van der Waals surface area contributed by atoms with E-state index < -0.39 is 0 Å². The van der Waals surface area contributed by atoms with Crippen LogP contribution in [0.25, 0.3) is 10.9 Å².